The summed E-state index contributed by atoms with van der Waals surface area (Å²) in [6.45, 7) is 21.1. The van der Waals surface area contributed by atoms with Crippen LogP contribution >= 0.6 is 11.6 Å². The van der Waals surface area contributed by atoms with E-state index in [-0.39, 0.29) is 11.1 Å². The van der Waals surface area contributed by atoms with Crippen LogP contribution in [-0.4, -0.2) is 21.8 Å². The van der Waals surface area contributed by atoms with E-state index in [1.165, 1.54) is 89.2 Å². The monoisotopic (exact) mass is 514 g/mol. The first kappa shape index (κ1) is 36.5. The largest absolute Gasteiger partial charge is 0.305 e. The Hall–Kier alpha value is -0.640. The fourth-order valence-corrected chi connectivity index (χ4v) is 3.54. The average molecular weight is 515 g/mol. The third kappa shape index (κ3) is 33.4. The van der Waals surface area contributed by atoms with Crippen LogP contribution in [0.1, 0.15) is 172 Å². The van der Waals surface area contributed by atoms with Gasteiger partial charge in [-0.3, -0.25) is 0 Å². The number of hydrogen-bond donors (Lipinski definition) is 1. The Morgan fingerprint density at radius 3 is 1.49 bits per heavy atom. The highest BCUT2D eigenvalue weighted by Gasteiger charge is 2.20. The minimum absolute atomic E-state index is 0.0847. The van der Waals surface area contributed by atoms with Crippen LogP contribution in [0.3, 0.4) is 0 Å². The summed E-state index contributed by atoms with van der Waals surface area (Å²) in [4.78, 5) is -0.517. The maximum Gasteiger partial charge on any atom is 0.151 e. The lowest BCUT2D eigenvalue weighted by atomic mass is 10.1. The second-order valence-electron chi connectivity index (χ2n) is 12.5. The maximum atomic E-state index is 6.34. The number of rotatable bonds is 18. The number of nitrogens with one attached hydrogen (secondary N) is 1. The van der Waals surface area contributed by atoms with Crippen molar-refractivity contribution in [2.45, 2.75) is 188 Å². The van der Waals surface area contributed by atoms with Crippen LogP contribution in [0.2, 0.25) is 0 Å². The Kier molecular flexibility index (Phi) is 22.4. The molecule has 210 valence electrons. The lowest BCUT2D eigenvalue weighted by Gasteiger charge is -2.18. The van der Waals surface area contributed by atoms with Crippen LogP contribution in [0.4, 0.5) is 0 Å². The molecule has 0 spiro atoms. The highest BCUT2D eigenvalue weighted by atomic mass is 35.5. The van der Waals surface area contributed by atoms with Crippen molar-refractivity contribution in [2.24, 2.45) is 15.3 Å². The van der Waals surface area contributed by atoms with E-state index in [1.54, 1.807) is 0 Å². The minimum atomic E-state index is -0.517. The molecule has 0 aromatic carbocycles. The van der Waals surface area contributed by atoms with Crippen molar-refractivity contribution in [3.05, 3.63) is 0 Å². The van der Waals surface area contributed by atoms with E-state index in [0.717, 1.165) is 19.3 Å². The van der Waals surface area contributed by atoms with E-state index in [0.29, 0.717) is 0 Å². The second-order valence-corrected chi connectivity index (χ2v) is 13.3. The molecule has 1 atom stereocenters. The molecule has 0 saturated heterocycles. The Bertz CT molecular complexity index is 527. The van der Waals surface area contributed by atoms with E-state index in [9.17, 15) is 0 Å². The molecule has 4 nitrogen and oxygen atoms in total. The number of hydrazone groups is 1. The van der Waals surface area contributed by atoms with Crippen LogP contribution in [0.15, 0.2) is 15.3 Å². The van der Waals surface area contributed by atoms with Gasteiger partial charge >= 0.3 is 0 Å². The zero-order chi connectivity index (χ0) is 27.2. The summed E-state index contributed by atoms with van der Waals surface area (Å²) >= 11 is 6.34. The summed E-state index contributed by atoms with van der Waals surface area (Å²) in [7, 11) is 0. The first-order valence-corrected chi connectivity index (χ1v) is 15.0. The summed E-state index contributed by atoms with van der Waals surface area (Å²) in [6, 6.07) is 0. The molecule has 0 heterocycles. The number of halogens is 1. The van der Waals surface area contributed by atoms with Crippen LogP contribution in [0, 0.1) is 0 Å². The molecule has 1 unspecified atom stereocenters. The third-order valence-corrected chi connectivity index (χ3v) is 5.78. The van der Waals surface area contributed by atoms with Crippen molar-refractivity contribution in [1.29, 1.82) is 0 Å². The number of alkyl halides is 1. The molecule has 0 bridgehead atoms. The molecule has 1 N–H and O–H groups in total. The molecular weight excluding hydrogens is 452 g/mol. The molecule has 0 amide bonds. The van der Waals surface area contributed by atoms with E-state index < -0.39 is 5.00 Å². The van der Waals surface area contributed by atoms with E-state index in [2.05, 4.69) is 62.3 Å². The first-order valence-electron chi connectivity index (χ1n) is 14.7. The predicted molar refractivity (Wildman–Crippen MR) is 160 cm³/mol. The summed E-state index contributed by atoms with van der Waals surface area (Å²) in [5.41, 5.74) is 4.36. The van der Waals surface area contributed by atoms with Gasteiger partial charge in [0.25, 0.3) is 0 Å². The molecular formula is C30H63ClN4. The topological polar surface area (TPSA) is 49.1 Å². The van der Waals surface area contributed by atoms with Crippen molar-refractivity contribution in [1.82, 2.24) is 5.43 Å². The van der Waals surface area contributed by atoms with Crippen molar-refractivity contribution >= 4 is 17.3 Å². The fourth-order valence-electron chi connectivity index (χ4n) is 3.37. The highest BCUT2D eigenvalue weighted by Crippen LogP contribution is 2.26. The average Bonchev–Trinajstić information content (AvgIpc) is 2.75. The predicted octanol–water partition coefficient (Wildman–Crippen LogP) is 11.2. The zero-order valence-electron chi connectivity index (χ0n) is 25.5. The second kappa shape index (κ2) is 21.4. The van der Waals surface area contributed by atoms with Gasteiger partial charge in [-0.1, -0.05) is 102 Å². The highest BCUT2D eigenvalue weighted by molar-refractivity contribution is 6.23. The number of hydrogen-bond acceptors (Lipinski definition) is 4. The maximum absolute atomic E-state index is 6.34. The van der Waals surface area contributed by atoms with Gasteiger partial charge in [0.1, 0.15) is 0 Å². The van der Waals surface area contributed by atoms with Gasteiger partial charge in [-0.05, 0) is 81.1 Å². The van der Waals surface area contributed by atoms with Crippen molar-refractivity contribution in [3.63, 3.8) is 0 Å². The third-order valence-electron chi connectivity index (χ3n) is 5.52. The van der Waals surface area contributed by atoms with Gasteiger partial charge in [0.2, 0.25) is 0 Å². The van der Waals surface area contributed by atoms with Crippen LogP contribution in [0.25, 0.3) is 0 Å². The normalized spacial score (nSPS) is 14.5. The smallest absolute Gasteiger partial charge is 0.151 e. The number of unbranched alkanes of at least 4 members (excludes halogenated alkanes) is 12. The molecule has 35 heavy (non-hydrogen) atoms. The van der Waals surface area contributed by atoms with Crippen molar-refractivity contribution in [3.8, 4) is 0 Å². The van der Waals surface area contributed by atoms with E-state index in [1.807, 2.05) is 27.7 Å². The number of azo groups is 1. The van der Waals surface area contributed by atoms with Gasteiger partial charge in [0.15, 0.2) is 5.00 Å². The molecule has 0 aliphatic heterocycles. The Balaban J connectivity index is 0. The van der Waals surface area contributed by atoms with E-state index >= 15 is 0 Å². The summed E-state index contributed by atoms with van der Waals surface area (Å²) in [5.74, 6) is 0. The van der Waals surface area contributed by atoms with Gasteiger partial charge in [-0.2, -0.15) is 15.3 Å². The first-order chi connectivity index (χ1) is 16.2. The molecule has 0 aliphatic rings. The van der Waals surface area contributed by atoms with Gasteiger partial charge in [0, 0.05) is 11.3 Å². The Labute approximate surface area is 225 Å². The molecule has 0 rings (SSSR count). The summed E-state index contributed by atoms with van der Waals surface area (Å²) in [5, 5.41) is 12.9. The number of nitrogens with zero attached hydrogens (tertiary/aromatic N) is 3. The lowest BCUT2D eigenvalue weighted by Crippen LogP contribution is -2.32. The molecule has 0 fully saturated rings. The van der Waals surface area contributed by atoms with E-state index in [4.69, 9.17) is 11.6 Å². The SMILES string of the molecule is CCCCCCCCC/C(C)=N/NC(C)(C)C.CCCCCCCCCC(C)(Cl)N=NC(C)(C)C. The fraction of sp³-hybridized carbons (Fsp3) is 0.967. The zero-order valence-corrected chi connectivity index (χ0v) is 26.3. The summed E-state index contributed by atoms with van der Waals surface area (Å²) < 4.78 is 0. The molecule has 0 saturated carbocycles. The van der Waals surface area contributed by atoms with Gasteiger partial charge < -0.3 is 5.43 Å². The van der Waals surface area contributed by atoms with Crippen LogP contribution < -0.4 is 5.43 Å². The Morgan fingerprint density at radius 1 is 0.629 bits per heavy atom. The minimum Gasteiger partial charge on any atom is -0.305 e. The molecule has 0 aromatic rings. The molecule has 0 aliphatic carbocycles. The Morgan fingerprint density at radius 2 is 1.06 bits per heavy atom. The van der Waals surface area contributed by atoms with Crippen LogP contribution in [-0.2, 0) is 0 Å². The molecule has 5 heteroatoms. The van der Waals surface area contributed by atoms with Gasteiger partial charge in [-0.25, -0.2) is 0 Å². The quantitative estimate of drug-likeness (QED) is 0.0484. The summed E-state index contributed by atoms with van der Waals surface area (Å²) in [6.07, 6.45) is 20.8. The standard InChI is InChI=1S/C15H31ClN2.C15H32N2/c1-6-7-8-9-10-11-12-13-15(5,16)18-17-14(2,3)4;1-6-7-8-9-10-11-12-13-14(2)16-17-15(3,4)5/h6-13H2,1-5H3;17H,6-13H2,1-5H3/b;16-14+. The van der Waals surface area contributed by atoms with Crippen molar-refractivity contribution < 1.29 is 0 Å². The lowest BCUT2D eigenvalue weighted by molar-refractivity contribution is 0.440. The van der Waals surface area contributed by atoms with Crippen LogP contribution in [0.5, 0.6) is 0 Å². The molecule has 0 radical (unpaired) electrons. The van der Waals surface area contributed by atoms with Gasteiger partial charge in [-0.15, -0.1) is 0 Å². The van der Waals surface area contributed by atoms with Crippen molar-refractivity contribution in [2.75, 3.05) is 0 Å². The van der Waals surface area contributed by atoms with Gasteiger partial charge in [0.05, 0.1) is 5.54 Å². The molecule has 0 aromatic heterocycles.